The molecule has 4 aromatic heterocycles. The Balaban J connectivity index is 1.60. The molecule has 31 heavy (non-hydrogen) atoms. The van der Waals surface area contributed by atoms with Gasteiger partial charge in [0.05, 0.1) is 30.2 Å². The maximum Gasteiger partial charge on any atom is 0.241 e. The molecule has 0 aliphatic rings. The Morgan fingerprint density at radius 3 is 2.68 bits per heavy atom. The molecule has 0 saturated carbocycles. The van der Waals surface area contributed by atoms with Crippen LogP contribution in [0.2, 0.25) is 0 Å². The van der Waals surface area contributed by atoms with Gasteiger partial charge >= 0.3 is 0 Å². The Morgan fingerprint density at radius 1 is 1.10 bits per heavy atom. The monoisotopic (exact) mass is 421 g/mol. The highest BCUT2D eigenvalue weighted by Crippen LogP contribution is 2.34. The number of fused-ring (bicyclic) bond motifs is 1. The summed E-state index contributed by atoms with van der Waals surface area (Å²) in [5, 5.41) is 10.8. The van der Waals surface area contributed by atoms with Crippen molar-refractivity contribution in [3.8, 4) is 33.9 Å². The fourth-order valence-corrected chi connectivity index (χ4v) is 3.43. The van der Waals surface area contributed by atoms with Gasteiger partial charge < -0.3 is 9.42 Å². The summed E-state index contributed by atoms with van der Waals surface area (Å²) in [6.45, 7) is 0.515. The van der Waals surface area contributed by atoms with E-state index in [2.05, 4.69) is 25.3 Å². The molecule has 0 fully saturated rings. The van der Waals surface area contributed by atoms with Crippen molar-refractivity contribution < 1.29 is 13.3 Å². The highest BCUT2D eigenvalue weighted by molar-refractivity contribution is 5.81. The summed E-state index contributed by atoms with van der Waals surface area (Å²) < 4.78 is 35.8. The SMILES string of the molecule is CN(C)Cc1nc(-c2cnc3ccc(-c4cn[nH]c4-c4c(F)cccc4F)cn23)no1. The summed E-state index contributed by atoms with van der Waals surface area (Å²) in [7, 11) is 3.82. The van der Waals surface area contributed by atoms with Crippen LogP contribution in [0.5, 0.6) is 0 Å². The van der Waals surface area contributed by atoms with Gasteiger partial charge in [0.25, 0.3) is 0 Å². The van der Waals surface area contributed by atoms with Crippen LogP contribution in [-0.4, -0.2) is 48.7 Å². The van der Waals surface area contributed by atoms with E-state index in [1.807, 2.05) is 25.1 Å². The molecule has 0 unspecified atom stereocenters. The molecular formula is C21H17F2N7O. The van der Waals surface area contributed by atoms with Crippen molar-refractivity contribution in [2.45, 2.75) is 6.54 Å². The van der Waals surface area contributed by atoms with Gasteiger partial charge in [-0.25, -0.2) is 13.8 Å². The van der Waals surface area contributed by atoms with Gasteiger partial charge in [-0.2, -0.15) is 10.1 Å². The molecule has 0 aliphatic carbocycles. The third-order valence-corrected chi connectivity index (χ3v) is 4.82. The largest absolute Gasteiger partial charge is 0.337 e. The second kappa shape index (κ2) is 7.40. The number of hydrogen-bond acceptors (Lipinski definition) is 6. The molecule has 0 spiro atoms. The van der Waals surface area contributed by atoms with Crippen LogP contribution in [0.25, 0.3) is 39.5 Å². The maximum absolute atomic E-state index is 14.4. The Kier molecular flexibility index (Phi) is 4.55. The lowest BCUT2D eigenvalue weighted by Crippen LogP contribution is -2.10. The lowest BCUT2D eigenvalue weighted by molar-refractivity contribution is 0.303. The van der Waals surface area contributed by atoms with Crippen LogP contribution in [0.1, 0.15) is 5.89 Å². The molecule has 0 amide bonds. The second-order valence-electron chi connectivity index (χ2n) is 7.29. The molecule has 1 aromatic carbocycles. The second-order valence-corrected chi connectivity index (χ2v) is 7.29. The van der Waals surface area contributed by atoms with Crippen molar-refractivity contribution in [1.82, 2.24) is 34.6 Å². The lowest BCUT2D eigenvalue weighted by Gasteiger charge is -2.07. The lowest BCUT2D eigenvalue weighted by atomic mass is 10.0. The molecule has 1 N–H and O–H groups in total. The van der Waals surface area contributed by atoms with Crippen LogP contribution in [0, 0.1) is 11.6 Å². The average molecular weight is 421 g/mol. The van der Waals surface area contributed by atoms with Crippen molar-refractivity contribution in [3.05, 3.63) is 66.4 Å². The number of hydrogen-bond donors (Lipinski definition) is 1. The predicted molar refractivity (Wildman–Crippen MR) is 109 cm³/mol. The van der Waals surface area contributed by atoms with Gasteiger partial charge in [-0.1, -0.05) is 11.2 Å². The van der Waals surface area contributed by atoms with Gasteiger partial charge in [-0.15, -0.1) is 0 Å². The number of aromatic amines is 1. The highest BCUT2D eigenvalue weighted by Gasteiger charge is 2.19. The van der Waals surface area contributed by atoms with Gasteiger partial charge in [0.1, 0.15) is 23.0 Å². The summed E-state index contributed by atoms with van der Waals surface area (Å²) in [5.74, 6) is -0.461. The van der Waals surface area contributed by atoms with Gasteiger partial charge in [0, 0.05) is 17.3 Å². The average Bonchev–Trinajstić information content (AvgIpc) is 3.46. The van der Waals surface area contributed by atoms with E-state index in [1.54, 1.807) is 22.9 Å². The number of nitrogens with zero attached hydrogens (tertiary/aromatic N) is 6. The van der Waals surface area contributed by atoms with E-state index >= 15 is 0 Å². The molecule has 0 saturated heterocycles. The number of halogens is 2. The summed E-state index contributed by atoms with van der Waals surface area (Å²) in [6, 6.07) is 7.36. The van der Waals surface area contributed by atoms with E-state index in [0.29, 0.717) is 40.7 Å². The Labute approximate surface area is 175 Å². The number of imidazole rings is 1. The molecular weight excluding hydrogens is 404 g/mol. The topological polar surface area (TPSA) is 88.1 Å². The standard InChI is InChI=1S/C21H17F2N7O/c1-29(2)11-18-26-21(28-31-18)16-9-24-17-7-6-12(10-30(16)17)13-8-25-27-20(13)19-14(22)4-3-5-15(19)23/h3-10H,11H2,1-2H3,(H,25,27). The summed E-state index contributed by atoms with van der Waals surface area (Å²) >= 11 is 0. The van der Waals surface area contributed by atoms with E-state index in [4.69, 9.17) is 4.52 Å². The number of nitrogens with one attached hydrogen (secondary N) is 1. The molecule has 5 rings (SSSR count). The summed E-state index contributed by atoms with van der Waals surface area (Å²) in [5.41, 5.74) is 2.63. The molecule has 8 nitrogen and oxygen atoms in total. The zero-order valence-corrected chi connectivity index (χ0v) is 16.7. The van der Waals surface area contributed by atoms with Crippen molar-refractivity contribution in [2.24, 2.45) is 0 Å². The molecule has 5 aromatic rings. The normalized spacial score (nSPS) is 11.6. The first kappa shape index (κ1) is 19.1. The first-order valence-corrected chi connectivity index (χ1v) is 9.44. The van der Waals surface area contributed by atoms with Crippen molar-refractivity contribution in [3.63, 3.8) is 0 Å². The number of pyridine rings is 1. The van der Waals surface area contributed by atoms with Gasteiger partial charge in [0.15, 0.2) is 0 Å². The molecule has 0 bridgehead atoms. The van der Waals surface area contributed by atoms with Crippen molar-refractivity contribution >= 4 is 5.65 Å². The number of rotatable bonds is 5. The smallest absolute Gasteiger partial charge is 0.241 e. The Bertz CT molecular complexity index is 1370. The maximum atomic E-state index is 14.4. The zero-order valence-electron chi connectivity index (χ0n) is 16.7. The first-order chi connectivity index (χ1) is 15.0. The van der Waals surface area contributed by atoms with Gasteiger partial charge in [0.2, 0.25) is 11.7 Å². The zero-order chi connectivity index (χ0) is 21.5. The van der Waals surface area contributed by atoms with E-state index in [9.17, 15) is 8.78 Å². The van der Waals surface area contributed by atoms with E-state index in [1.165, 1.54) is 24.4 Å². The minimum atomic E-state index is -0.671. The quantitative estimate of drug-likeness (QED) is 0.465. The third kappa shape index (κ3) is 3.36. The minimum absolute atomic E-state index is 0.160. The predicted octanol–water partition coefficient (Wildman–Crippen LogP) is 3.78. The van der Waals surface area contributed by atoms with Crippen LogP contribution < -0.4 is 0 Å². The van der Waals surface area contributed by atoms with E-state index < -0.39 is 11.6 Å². The molecule has 4 heterocycles. The fraction of sp³-hybridized carbons (Fsp3) is 0.143. The van der Waals surface area contributed by atoms with Crippen LogP contribution in [-0.2, 0) is 6.54 Å². The van der Waals surface area contributed by atoms with Crippen LogP contribution in [0.3, 0.4) is 0 Å². The molecule has 156 valence electrons. The number of aromatic nitrogens is 6. The van der Waals surface area contributed by atoms with Gasteiger partial charge in [-0.05, 0) is 38.4 Å². The minimum Gasteiger partial charge on any atom is -0.337 e. The van der Waals surface area contributed by atoms with Crippen molar-refractivity contribution in [1.29, 1.82) is 0 Å². The Hall–Kier alpha value is -3.92. The molecule has 0 atom stereocenters. The summed E-state index contributed by atoms with van der Waals surface area (Å²) in [4.78, 5) is 10.7. The molecule has 10 heteroatoms. The van der Waals surface area contributed by atoms with E-state index in [0.717, 1.165) is 0 Å². The third-order valence-electron chi connectivity index (χ3n) is 4.82. The van der Waals surface area contributed by atoms with Crippen LogP contribution in [0.15, 0.2) is 53.4 Å². The number of benzene rings is 1. The van der Waals surface area contributed by atoms with Crippen LogP contribution in [0.4, 0.5) is 8.78 Å². The number of H-pyrrole nitrogens is 1. The summed E-state index contributed by atoms with van der Waals surface area (Å²) in [6.07, 6.45) is 4.98. The van der Waals surface area contributed by atoms with Crippen molar-refractivity contribution in [2.75, 3.05) is 14.1 Å². The molecule has 0 radical (unpaired) electrons. The van der Waals surface area contributed by atoms with Crippen LogP contribution >= 0.6 is 0 Å². The first-order valence-electron chi connectivity index (χ1n) is 9.44. The van der Waals surface area contributed by atoms with E-state index in [-0.39, 0.29) is 11.3 Å². The Morgan fingerprint density at radius 2 is 1.90 bits per heavy atom. The molecule has 0 aliphatic heterocycles. The highest BCUT2D eigenvalue weighted by atomic mass is 19.1. The van der Waals surface area contributed by atoms with Gasteiger partial charge in [-0.3, -0.25) is 9.50 Å². The fourth-order valence-electron chi connectivity index (χ4n) is 3.43.